The predicted molar refractivity (Wildman–Crippen MR) is 171 cm³/mol. The lowest BCUT2D eigenvalue weighted by atomic mass is 9.92. The smallest absolute Gasteiger partial charge is 0.411 e. The Morgan fingerprint density at radius 1 is 0.878 bits per heavy atom. The maximum atomic E-state index is 12.0. The molecule has 1 aliphatic rings. The van der Waals surface area contributed by atoms with Crippen molar-refractivity contribution in [3.8, 4) is 0 Å². The van der Waals surface area contributed by atoms with Crippen molar-refractivity contribution >= 4 is 50.9 Å². The monoisotopic (exact) mass is 574 g/mol. The number of hydrogen-bond donors (Lipinski definition) is 3. The number of aromatic amines is 1. The van der Waals surface area contributed by atoms with Crippen molar-refractivity contribution in [1.82, 2.24) is 9.97 Å². The van der Waals surface area contributed by atoms with Gasteiger partial charge in [-0.25, -0.2) is 4.79 Å². The molecule has 0 spiro atoms. The molecule has 0 aliphatic heterocycles. The molecule has 1 amide bonds. The highest BCUT2D eigenvalue weighted by Gasteiger charge is 2.18. The Morgan fingerprint density at radius 2 is 1.63 bits per heavy atom. The van der Waals surface area contributed by atoms with Crippen LogP contribution in [0.1, 0.15) is 88.3 Å². The maximum absolute atomic E-state index is 12.0. The highest BCUT2D eigenvalue weighted by Crippen LogP contribution is 2.34. The lowest BCUT2D eigenvalue weighted by molar-refractivity contribution is 0.159. The van der Waals surface area contributed by atoms with Crippen LogP contribution < -0.4 is 10.6 Å². The summed E-state index contributed by atoms with van der Waals surface area (Å²) < 4.78 is 5.34. The Kier molecular flexibility index (Phi) is 10.8. The highest BCUT2D eigenvalue weighted by atomic mass is 35.5. The van der Waals surface area contributed by atoms with Gasteiger partial charge in [0.15, 0.2) is 0 Å². The van der Waals surface area contributed by atoms with Gasteiger partial charge in [-0.15, -0.1) is 0 Å². The van der Waals surface area contributed by atoms with E-state index in [9.17, 15) is 4.79 Å². The number of amides is 1. The van der Waals surface area contributed by atoms with E-state index < -0.39 is 0 Å². The molecule has 7 heteroatoms. The largest absolute Gasteiger partial charge is 0.449 e. The number of pyridine rings is 1. The lowest BCUT2D eigenvalue weighted by Gasteiger charge is -2.22. The summed E-state index contributed by atoms with van der Waals surface area (Å²) in [5, 5.41) is 9.59. The van der Waals surface area contributed by atoms with Crippen LogP contribution in [-0.4, -0.2) is 29.2 Å². The fourth-order valence-electron chi connectivity index (χ4n) is 5.90. The van der Waals surface area contributed by atoms with Crippen LogP contribution in [0, 0.1) is 0 Å². The van der Waals surface area contributed by atoms with Crippen molar-refractivity contribution in [2.45, 2.75) is 89.9 Å². The summed E-state index contributed by atoms with van der Waals surface area (Å²) in [6.07, 6.45) is 18.3. The molecule has 2 aromatic heterocycles. The van der Waals surface area contributed by atoms with Gasteiger partial charge in [-0.05, 0) is 86.6 Å². The number of carbonyl (C=O) groups excluding carboxylic acids is 1. The van der Waals surface area contributed by atoms with Gasteiger partial charge in [-0.1, -0.05) is 63.0 Å². The number of fused-ring (bicyclic) bond motifs is 3. The Bertz CT molecular complexity index is 1430. The molecule has 5 rings (SSSR count). The van der Waals surface area contributed by atoms with Crippen LogP contribution in [-0.2, 0) is 17.6 Å². The molecular weight excluding hydrogens is 532 g/mol. The van der Waals surface area contributed by atoms with Crippen LogP contribution in [0.3, 0.4) is 0 Å². The molecule has 0 saturated heterocycles. The molecule has 41 heavy (non-hydrogen) atoms. The van der Waals surface area contributed by atoms with Gasteiger partial charge in [0.25, 0.3) is 0 Å². The van der Waals surface area contributed by atoms with Gasteiger partial charge in [0.1, 0.15) is 0 Å². The van der Waals surface area contributed by atoms with E-state index in [4.69, 9.17) is 21.3 Å². The third-order valence-corrected chi connectivity index (χ3v) is 8.36. The van der Waals surface area contributed by atoms with E-state index in [2.05, 4.69) is 27.8 Å². The van der Waals surface area contributed by atoms with Crippen molar-refractivity contribution in [3.63, 3.8) is 0 Å². The molecule has 0 atom stereocenters. The average molecular weight is 575 g/mol. The summed E-state index contributed by atoms with van der Waals surface area (Å²) in [4.78, 5) is 20.1. The molecule has 1 aliphatic carbocycles. The van der Waals surface area contributed by atoms with Crippen LogP contribution in [0.25, 0.3) is 21.8 Å². The molecular formula is C34H43ClN4O2. The fourth-order valence-corrected chi connectivity index (χ4v) is 6.07. The van der Waals surface area contributed by atoms with E-state index in [-0.39, 0.29) is 6.09 Å². The van der Waals surface area contributed by atoms with Gasteiger partial charge in [-0.2, -0.15) is 0 Å². The molecule has 2 heterocycles. The van der Waals surface area contributed by atoms with Gasteiger partial charge in [0.2, 0.25) is 0 Å². The first-order valence-corrected chi connectivity index (χ1v) is 15.9. The fraction of sp³-hybridized carbons (Fsp3) is 0.471. The quantitative estimate of drug-likeness (QED) is 0.123. The van der Waals surface area contributed by atoms with Crippen LogP contribution >= 0.6 is 11.6 Å². The summed E-state index contributed by atoms with van der Waals surface area (Å²) in [5.41, 5.74) is 6.81. The molecule has 6 nitrogen and oxygen atoms in total. The number of aromatic nitrogens is 2. The second-order valence-corrected chi connectivity index (χ2v) is 11.7. The third kappa shape index (κ3) is 8.38. The number of halogens is 1. The lowest BCUT2D eigenvalue weighted by Crippen LogP contribution is -2.14. The first-order chi connectivity index (χ1) is 20.2. The van der Waals surface area contributed by atoms with Gasteiger partial charge in [0.05, 0.1) is 12.1 Å². The minimum absolute atomic E-state index is 0.382. The van der Waals surface area contributed by atoms with Crippen LogP contribution in [0.2, 0.25) is 5.02 Å². The van der Waals surface area contributed by atoms with Crippen molar-refractivity contribution in [1.29, 1.82) is 0 Å². The number of nitrogens with one attached hydrogen (secondary N) is 3. The summed E-state index contributed by atoms with van der Waals surface area (Å²) in [6, 6.07) is 13.8. The molecule has 2 aromatic carbocycles. The minimum atomic E-state index is -0.382. The number of hydrogen-bond acceptors (Lipinski definition) is 4. The Morgan fingerprint density at radius 3 is 2.46 bits per heavy atom. The number of nitrogens with zero attached hydrogens (tertiary/aromatic N) is 1. The number of carbonyl (C=O) groups is 1. The molecule has 0 bridgehead atoms. The van der Waals surface area contributed by atoms with Gasteiger partial charge in [-0.3, -0.25) is 10.3 Å². The zero-order chi connectivity index (χ0) is 28.3. The number of rotatable bonds is 15. The molecule has 218 valence electrons. The van der Waals surface area contributed by atoms with E-state index in [1.165, 1.54) is 86.5 Å². The minimum Gasteiger partial charge on any atom is -0.449 e. The number of anilines is 2. The molecule has 0 radical (unpaired) electrons. The number of unbranched alkanes of at least 4 members (excludes halogenated alkanes) is 9. The first kappa shape index (κ1) is 29.2. The maximum Gasteiger partial charge on any atom is 0.411 e. The predicted octanol–water partition coefficient (Wildman–Crippen LogP) is 9.81. The molecule has 0 unspecified atom stereocenters. The van der Waals surface area contributed by atoms with Gasteiger partial charge >= 0.3 is 6.09 Å². The topological polar surface area (TPSA) is 79.0 Å². The molecule has 0 fully saturated rings. The second kappa shape index (κ2) is 15.1. The van der Waals surface area contributed by atoms with Crippen LogP contribution in [0.4, 0.5) is 16.2 Å². The normalized spacial score (nSPS) is 12.9. The zero-order valence-electron chi connectivity index (χ0n) is 24.1. The van der Waals surface area contributed by atoms with Crippen molar-refractivity contribution in [3.05, 3.63) is 64.9 Å². The summed E-state index contributed by atoms with van der Waals surface area (Å²) >= 11 is 6.33. The van der Waals surface area contributed by atoms with E-state index >= 15 is 0 Å². The Balaban J connectivity index is 0.879. The number of aryl methyl sites for hydroxylation is 1. The van der Waals surface area contributed by atoms with E-state index in [0.717, 1.165) is 59.4 Å². The number of H-pyrrole nitrogens is 1. The van der Waals surface area contributed by atoms with E-state index in [0.29, 0.717) is 6.61 Å². The van der Waals surface area contributed by atoms with Crippen molar-refractivity contribution in [2.75, 3.05) is 23.8 Å². The van der Waals surface area contributed by atoms with Gasteiger partial charge in [0, 0.05) is 51.1 Å². The first-order valence-electron chi connectivity index (χ1n) is 15.5. The highest BCUT2D eigenvalue weighted by molar-refractivity contribution is 6.31. The standard InChI is InChI=1S/C34H43ClN4O2/c35-26-15-17-32-29(24-26)33(28-13-9-10-14-31(28)39-32)37-20-11-7-5-3-1-2-4-6-8-12-22-41-34(40)38-27-16-18-30-25(23-27)19-21-36-30/h15-19,21,23-24,36H,1-14,20,22H2,(H,37,39)(H,38,40). The Hall–Kier alpha value is -3.25. The van der Waals surface area contributed by atoms with Crippen molar-refractivity contribution < 1.29 is 9.53 Å². The van der Waals surface area contributed by atoms with Gasteiger partial charge < -0.3 is 15.0 Å². The second-order valence-electron chi connectivity index (χ2n) is 11.3. The summed E-state index contributed by atoms with van der Waals surface area (Å²) in [5.74, 6) is 0. The SMILES string of the molecule is O=C(Nc1ccc2[nH]ccc2c1)OCCCCCCCCCCCCNc1c2c(nc3ccc(Cl)cc13)CCCC2. The number of benzene rings is 2. The van der Waals surface area contributed by atoms with Crippen molar-refractivity contribution in [2.24, 2.45) is 0 Å². The third-order valence-electron chi connectivity index (χ3n) is 8.13. The average Bonchev–Trinajstić information content (AvgIpc) is 3.45. The molecule has 4 aromatic rings. The zero-order valence-corrected chi connectivity index (χ0v) is 24.8. The summed E-state index contributed by atoms with van der Waals surface area (Å²) in [6.45, 7) is 1.47. The summed E-state index contributed by atoms with van der Waals surface area (Å²) in [7, 11) is 0. The molecule has 3 N–H and O–H groups in total. The molecule has 0 saturated carbocycles. The van der Waals surface area contributed by atoms with Crippen LogP contribution in [0.15, 0.2) is 48.7 Å². The van der Waals surface area contributed by atoms with Crippen LogP contribution in [0.5, 0.6) is 0 Å². The van der Waals surface area contributed by atoms with E-state index in [1.54, 1.807) is 0 Å². The number of ether oxygens (including phenoxy) is 1. The van der Waals surface area contributed by atoms with E-state index in [1.807, 2.05) is 36.5 Å². The Labute approximate surface area is 248 Å².